The van der Waals surface area contributed by atoms with E-state index in [1.807, 2.05) is 0 Å². The molecule has 132 valence electrons. The minimum absolute atomic E-state index is 0.232. The van der Waals surface area contributed by atoms with Gasteiger partial charge in [0, 0.05) is 31.6 Å². The van der Waals surface area contributed by atoms with Crippen molar-refractivity contribution in [3.8, 4) is 0 Å². The largest absolute Gasteiger partial charge is 0.353 e. The van der Waals surface area contributed by atoms with Crippen molar-refractivity contribution in [3.05, 3.63) is 48.0 Å². The summed E-state index contributed by atoms with van der Waals surface area (Å²) in [6.45, 7) is 1.81. The van der Waals surface area contributed by atoms with Crippen LogP contribution in [-0.4, -0.2) is 29.4 Å². The monoisotopic (exact) mass is 336 g/mol. The van der Waals surface area contributed by atoms with E-state index in [2.05, 4.69) is 52.7 Å². The van der Waals surface area contributed by atoms with Crippen molar-refractivity contribution in [1.29, 1.82) is 0 Å². The van der Waals surface area contributed by atoms with Crippen LogP contribution in [0.3, 0.4) is 0 Å². The summed E-state index contributed by atoms with van der Waals surface area (Å²) in [4.78, 5) is 14.8. The average molecular weight is 336 g/mol. The van der Waals surface area contributed by atoms with Gasteiger partial charge in [-0.05, 0) is 42.0 Å². The molecule has 2 fully saturated rings. The zero-order chi connectivity index (χ0) is 17.1. The molecule has 2 saturated carbocycles. The standard InChI is InChI=1S/C22H28N2O/c25-22(23-19-9-2-3-10-19)14-15-24(20-12-13-20)16-18-8-5-7-17-6-1-4-11-21(17)18/h1,4-8,11,19-20H,2-3,9-10,12-16H2,(H,23,25). The zero-order valence-corrected chi connectivity index (χ0v) is 14.9. The van der Waals surface area contributed by atoms with Gasteiger partial charge in [0.1, 0.15) is 0 Å². The van der Waals surface area contributed by atoms with Gasteiger partial charge in [-0.1, -0.05) is 55.3 Å². The molecule has 2 aromatic carbocycles. The summed E-state index contributed by atoms with van der Waals surface area (Å²) >= 11 is 0. The predicted octanol–water partition coefficient (Wildman–Crippen LogP) is 4.25. The fourth-order valence-corrected chi connectivity index (χ4v) is 4.09. The molecule has 2 aliphatic rings. The van der Waals surface area contributed by atoms with Crippen molar-refractivity contribution in [3.63, 3.8) is 0 Å². The van der Waals surface area contributed by atoms with Gasteiger partial charge < -0.3 is 5.32 Å². The summed E-state index contributed by atoms with van der Waals surface area (Å²) in [5.41, 5.74) is 1.38. The van der Waals surface area contributed by atoms with Crippen molar-refractivity contribution >= 4 is 16.7 Å². The van der Waals surface area contributed by atoms with Crippen LogP contribution in [0.1, 0.15) is 50.5 Å². The number of nitrogens with one attached hydrogen (secondary N) is 1. The molecule has 0 unspecified atom stereocenters. The summed E-state index contributed by atoms with van der Waals surface area (Å²) in [5.74, 6) is 0.232. The summed E-state index contributed by atoms with van der Waals surface area (Å²) in [6.07, 6.45) is 8.02. The van der Waals surface area contributed by atoms with Gasteiger partial charge in [-0.25, -0.2) is 0 Å². The van der Waals surface area contributed by atoms with Gasteiger partial charge in [-0.2, -0.15) is 0 Å². The van der Waals surface area contributed by atoms with Crippen LogP contribution in [0.2, 0.25) is 0 Å². The van der Waals surface area contributed by atoms with Crippen LogP contribution in [0.25, 0.3) is 10.8 Å². The lowest BCUT2D eigenvalue weighted by atomic mass is 10.0. The number of carbonyl (C=O) groups excluding carboxylic acids is 1. The fourth-order valence-electron chi connectivity index (χ4n) is 4.09. The highest BCUT2D eigenvalue weighted by molar-refractivity contribution is 5.85. The molecule has 2 aromatic rings. The molecule has 0 atom stereocenters. The molecule has 0 spiro atoms. The highest BCUT2D eigenvalue weighted by Gasteiger charge is 2.29. The van der Waals surface area contributed by atoms with E-state index in [1.165, 1.54) is 42.0 Å². The molecule has 0 aliphatic heterocycles. The Hall–Kier alpha value is -1.87. The van der Waals surface area contributed by atoms with Crippen molar-refractivity contribution < 1.29 is 4.79 Å². The van der Waals surface area contributed by atoms with E-state index in [0.717, 1.165) is 25.9 Å². The SMILES string of the molecule is O=C(CCN(Cc1cccc2ccccc12)C1CC1)NC1CCCC1. The Morgan fingerprint density at radius 2 is 1.76 bits per heavy atom. The summed E-state index contributed by atoms with van der Waals surface area (Å²) in [5, 5.41) is 5.86. The Morgan fingerprint density at radius 3 is 2.56 bits per heavy atom. The van der Waals surface area contributed by atoms with Gasteiger partial charge in [-0.15, -0.1) is 0 Å². The Morgan fingerprint density at radius 1 is 1.00 bits per heavy atom. The van der Waals surface area contributed by atoms with Crippen LogP contribution in [0.4, 0.5) is 0 Å². The first-order valence-electron chi connectivity index (χ1n) is 9.79. The second-order valence-electron chi connectivity index (χ2n) is 7.64. The van der Waals surface area contributed by atoms with Crippen molar-refractivity contribution in [2.75, 3.05) is 6.54 Å². The molecule has 2 aliphatic carbocycles. The third-order valence-electron chi connectivity index (χ3n) is 5.66. The van der Waals surface area contributed by atoms with Crippen LogP contribution in [0.5, 0.6) is 0 Å². The minimum Gasteiger partial charge on any atom is -0.353 e. The molecule has 0 aromatic heterocycles. The molecule has 3 heteroatoms. The molecule has 1 N–H and O–H groups in total. The maximum Gasteiger partial charge on any atom is 0.221 e. The lowest BCUT2D eigenvalue weighted by Crippen LogP contribution is -2.36. The Bertz CT molecular complexity index is 726. The maximum atomic E-state index is 12.3. The van der Waals surface area contributed by atoms with Gasteiger partial charge in [0.25, 0.3) is 0 Å². The van der Waals surface area contributed by atoms with Crippen LogP contribution in [0.15, 0.2) is 42.5 Å². The lowest BCUT2D eigenvalue weighted by Gasteiger charge is -2.23. The van der Waals surface area contributed by atoms with E-state index in [-0.39, 0.29) is 5.91 Å². The summed E-state index contributed by atoms with van der Waals surface area (Å²) < 4.78 is 0. The van der Waals surface area contributed by atoms with Crippen LogP contribution in [-0.2, 0) is 11.3 Å². The Labute approximate surface area is 150 Å². The number of carbonyl (C=O) groups is 1. The molecular formula is C22H28N2O. The third kappa shape index (κ3) is 4.21. The molecule has 0 saturated heterocycles. The van der Waals surface area contributed by atoms with Gasteiger partial charge in [-0.3, -0.25) is 9.69 Å². The van der Waals surface area contributed by atoms with E-state index in [1.54, 1.807) is 0 Å². The fraction of sp³-hybridized carbons (Fsp3) is 0.500. The lowest BCUT2D eigenvalue weighted by molar-refractivity contribution is -0.122. The summed E-state index contributed by atoms with van der Waals surface area (Å²) in [6, 6.07) is 16.2. The van der Waals surface area contributed by atoms with Gasteiger partial charge in [0.2, 0.25) is 5.91 Å². The quantitative estimate of drug-likeness (QED) is 0.819. The topological polar surface area (TPSA) is 32.3 Å². The van der Waals surface area contributed by atoms with Gasteiger partial charge >= 0.3 is 0 Å². The van der Waals surface area contributed by atoms with Gasteiger partial charge in [0.05, 0.1) is 0 Å². The summed E-state index contributed by atoms with van der Waals surface area (Å²) in [7, 11) is 0. The number of hydrogen-bond donors (Lipinski definition) is 1. The molecular weight excluding hydrogens is 308 g/mol. The molecule has 25 heavy (non-hydrogen) atoms. The predicted molar refractivity (Wildman–Crippen MR) is 102 cm³/mol. The molecule has 0 radical (unpaired) electrons. The Kier molecular flexibility index (Phi) is 5.02. The molecule has 3 nitrogen and oxygen atoms in total. The number of benzene rings is 2. The average Bonchev–Trinajstić information content (AvgIpc) is 3.36. The maximum absolute atomic E-state index is 12.3. The Balaban J connectivity index is 1.38. The first-order valence-corrected chi connectivity index (χ1v) is 9.79. The smallest absolute Gasteiger partial charge is 0.221 e. The highest BCUT2D eigenvalue weighted by Crippen LogP contribution is 2.30. The second-order valence-corrected chi connectivity index (χ2v) is 7.64. The van der Waals surface area contributed by atoms with Crippen LogP contribution >= 0.6 is 0 Å². The number of nitrogens with zero attached hydrogens (tertiary/aromatic N) is 1. The molecule has 1 amide bonds. The molecule has 4 rings (SSSR count). The second kappa shape index (κ2) is 7.57. The molecule has 0 bridgehead atoms. The first-order chi connectivity index (χ1) is 12.3. The van der Waals surface area contributed by atoms with Crippen molar-refractivity contribution in [2.24, 2.45) is 0 Å². The number of hydrogen-bond acceptors (Lipinski definition) is 2. The minimum atomic E-state index is 0.232. The van der Waals surface area contributed by atoms with Gasteiger partial charge in [0.15, 0.2) is 0 Å². The third-order valence-corrected chi connectivity index (χ3v) is 5.66. The van der Waals surface area contributed by atoms with Crippen LogP contribution < -0.4 is 5.32 Å². The number of rotatable bonds is 7. The van der Waals surface area contributed by atoms with Crippen molar-refractivity contribution in [1.82, 2.24) is 10.2 Å². The van der Waals surface area contributed by atoms with E-state index >= 15 is 0 Å². The van der Waals surface area contributed by atoms with E-state index in [4.69, 9.17) is 0 Å². The number of fused-ring (bicyclic) bond motifs is 1. The highest BCUT2D eigenvalue weighted by atomic mass is 16.1. The zero-order valence-electron chi connectivity index (χ0n) is 14.9. The van der Waals surface area contributed by atoms with E-state index in [9.17, 15) is 4.79 Å². The van der Waals surface area contributed by atoms with E-state index in [0.29, 0.717) is 18.5 Å². The molecule has 0 heterocycles. The first kappa shape index (κ1) is 16.6. The van der Waals surface area contributed by atoms with Crippen LogP contribution in [0, 0.1) is 0 Å². The van der Waals surface area contributed by atoms with E-state index < -0.39 is 0 Å². The number of amides is 1. The normalized spacial score (nSPS) is 18.1. The van der Waals surface area contributed by atoms with Crippen molar-refractivity contribution in [2.45, 2.75) is 63.6 Å².